The number of hydrogen-bond acceptors (Lipinski definition) is 1. The van der Waals surface area contributed by atoms with Crippen molar-refractivity contribution in [3.8, 4) is 11.1 Å². The molecule has 31 heavy (non-hydrogen) atoms. The van der Waals surface area contributed by atoms with E-state index in [0.29, 0.717) is 0 Å². The molecule has 0 fully saturated rings. The quantitative estimate of drug-likeness (QED) is 0.292. The van der Waals surface area contributed by atoms with Gasteiger partial charge in [0.1, 0.15) is 11.2 Å². The molecule has 0 aliphatic rings. The molecule has 0 spiro atoms. The molecule has 1 aromatic heterocycles. The third kappa shape index (κ3) is 3.02. The standard InChI is InChI=1S/C30H22O/c1-20-9-7-10-21(17-20)18-27-24-14-6-5-13-23(24)19-28-26-16-8-15-25(29(26)31-30(27)28)22-11-3-2-4-12-22/h2-17,19H,18H2,1H3. The Kier molecular flexibility index (Phi) is 4.14. The van der Waals surface area contributed by atoms with E-state index < -0.39 is 0 Å². The summed E-state index contributed by atoms with van der Waals surface area (Å²) < 4.78 is 6.68. The van der Waals surface area contributed by atoms with Crippen LogP contribution in [0.25, 0.3) is 43.8 Å². The lowest BCUT2D eigenvalue weighted by Crippen LogP contribution is -1.92. The van der Waals surface area contributed by atoms with Crippen LogP contribution in [0, 0.1) is 6.92 Å². The minimum absolute atomic E-state index is 0.847. The van der Waals surface area contributed by atoms with Crippen LogP contribution in [-0.2, 0) is 6.42 Å². The average Bonchev–Trinajstić information content (AvgIpc) is 3.18. The van der Waals surface area contributed by atoms with Gasteiger partial charge in [0, 0.05) is 28.3 Å². The summed E-state index contributed by atoms with van der Waals surface area (Å²) in [7, 11) is 0. The molecule has 0 amide bonds. The molecule has 0 aliphatic heterocycles. The Morgan fingerprint density at radius 1 is 0.613 bits per heavy atom. The summed E-state index contributed by atoms with van der Waals surface area (Å²) in [6, 6.07) is 36.7. The first kappa shape index (κ1) is 18.0. The Morgan fingerprint density at radius 2 is 1.39 bits per heavy atom. The third-order valence-corrected chi connectivity index (χ3v) is 6.16. The van der Waals surface area contributed by atoms with Gasteiger partial charge < -0.3 is 4.42 Å². The van der Waals surface area contributed by atoms with Crippen molar-refractivity contribution in [1.29, 1.82) is 0 Å². The zero-order chi connectivity index (χ0) is 20.8. The van der Waals surface area contributed by atoms with Crippen molar-refractivity contribution in [2.45, 2.75) is 13.3 Å². The number of furan rings is 1. The van der Waals surface area contributed by atoms with Gasteiger partial charge in [-0.1, -0.05) is 103 Å². The summed E-state index contributed by atoms with van der Waals surface area (Å²) in [5, 5.41) is 4.88. The predicted molar refractivity (Wildman–Crippen MR) is 131 cm³/mol. The van der Waals surface area contributed by atoms with Crippen molar-refractivity contribution in [3.05, 3.63) is 120 Å². The molecule has 1 nitrogen and oxygen atoms in total. The lowest BCUT2D eigenvalue weighted by atomic mass is 9.94. The molecule has 0 saturated heterocycles. The Balaban J connectivity index is 1.68. The monoisotopic (exact) mass is 398 g/mol. The summed E-state index contributed by atoms with van der Waals surface area (Å²) in [6.45, 7) is 2.15. The highest BCUT2D eigenvalue weighted by Crippen LogP contribution is 2.40. The van der Waals surface area contributed by atoms with Gasteiger partial charge in [-0.3, -0.25) is 0 Å². The van der Waals surface area contributed by atoms with Gasteiger partial charge in [-0.05, 0) is 34.9 Å². The van der Waals surface area contributed by atoms with E-state index >= 15 is 0 Å². The van der Waals surface area contributed by atoms with Gasteiger partial charge in [0.05, 0.1) is 0 Å². The van der Waals surface area contributed by atoms with Crippen LogP contribution < -0.4 is 0 Å². The molecule has 6 rings (SSSR count). The van der Waals surface area contributed by atoms with Crippen molar-refractivity contribution in [2.75, 3.05) is 0 Å². The van der Waals surface area contributed by atoms with Gasteiger partial charge in [-0.15, -0.1) is 0 Å². The normalized spacial score (nSPS) is 11.5. The fraction of sp³-hybridized carbons (Fsp3) is 0.0667. The summed E-state index contributed by atoms with van der Waals surface area (Å²) in [6.07, 6.45) is 0.847. The fourth-order valence-corrected chi connectivity index (χ4v) is 4.73. The second-order valence-corrected chi connectivity index (χ2v) is 8.27. The first-order valence-electron chi connectivity index (χ1n) is 10.7. The van der Waals surface area contributed by atoms with Crippen LogP contribution in [0.3, 0.4) is 0 Å². The van der Waals surface area contributed by atoms with Crippen LogP contribution in [0.2, 0.25) is 0 Å². The molecule has 1 heterocycles. The zero-order valence-corrected chi connectivity index (χ0v) is 17.4. The van der Waals surface area contributed by atoms with Gasteiger partial charge >= 0.3 is 0 Å². The highest BCUT2D eigenvalue weighted by molar-refractivity contribution is 6.14. The number of para-hydroxylation sites is 1. The van der Waals surface area contributed by atoms with Gasteiger partial charge in [0.15, 0.2) is 0 Å². The highest BCUT2D eigenvalue weighted by atomic mass is 16.3. The van der Waals surface area contributed by atoms with Crippen molar-refractivity contribution in [2.24, 2.45) is 0 Å². The summed E-state index contributed by atoms with van der Waals surface area (Å²) in [5.41, 5.74) is 8.13. The van der Waals surface area contributed by atoms with Crippen LogP contribution in [0.5, 0.6) is 0 Å². The molecule has 0 unspecified atom stereocenters. The van der Waals surface area contributed by atoms with Crippen LogP contribution >= 0.6 is 0 Å². The fourth-order valence-electron chi connectivity index (χ4n) is 4.73. The van der Waals surface area contributed by atoms with E-state index in [9.17, 15) is 0 Å². The van der Waals surface area contributed by atoms with Crippen molar-refractivity contribution < 1.29 is 4.42 Å². The molecule has 5 aromatic carbocycles. The van der Waals surface area contributed by atoms with E-state index in [1.54, 1.807) is 0 Å². The van der Waals surface area contributed by atoms with Gasteiger partial charge in [0.2, 0.25) is 0 Å². The van der Waals surface area contributed by atoms with Gasteiger partial charge in [-0.2, -0.15) is 0 Å². The van der Waals surface area contributed by atoms with Gasteiger partial charge in [-0.25, -0.2) is 0 Å². The van der Waals surface area contributed by atoms with Gasteiger partial charge in [0.25, 0.3) is 0 Å². The second-order valence-electron chi connectivity index (χ2n) is 8.27. The molecule has 1 heteroatoms. The minimum atomic E-state index is 0.847. The van der Waals surface area contributed by atoms with Crippen molar-refractivity contribution in [3.63, 3.8) is 0 Å². The maximum atomic E-state index is 6.68. The first-order valence-corrected chi connectivity index (χ1v) is 10.7. The van der Waals surface area contributed by atoms with E-state index in [4.69, 9.17) is 4.42 Å². The van der Waals surface area contributed by atoms with E-state index in [0.717, 1.165) is 23.2 Å². The number of rotatable bonds is 3. The van der Waals surface area contributed by atoms with Crippen molar-refractivity contribution in [1.82, 2.24) is 0 Å². The molecule has 0 aliphatic carbocycles. The average molecular weight is 399 g/mol. The number of aryl methyl sites for hydroxylation is 1. The van der Waals surface area contributed by atoms with Crippen LogP contribution in [0.1, 0.15) is 16.7 Å². The predicted octanol–water partition coefficient (Wildman–Crippen LogP) is 8.31. The topological polar surface area (TPSA) is 13.1 Å². The number of benzene rings is 5. The lowest BCUT2D eigenvalue weighted by molar-refractivity contribution is 0.666. The van der Waals surface area contributed by atoms with E-state index in [1.807, 2.05) is 0 Å². The Morgan fingerprint density at radius 3 is 2.26 bits per heavy atom. The van der Waals surface area contributed by atoms with Crippen LogP contribution in [-0.4, -0.2) is 0 Å². The largest absolute Gasteiger partial charge is 0.455 e. The molecule has 0 radical (unpaired) electrons. The van der Waals surface area contributed by atoms with E-state index in [1.165, 1.54) is 43.8 Å². The summed E-state index contributed by atoms with van der Waals surface area (Å²) in [4.78, 5) is 0. The second kappa shape index (κ2) is 7.14. The Labute approximate surface area is 181 Å². The molecular formula is C30H22O. The molecule has 148 valence electrons. The lowest BCUT2D eigenvalue weighted by Gasteiger charge is -2.09. The molecule has 0 saturated carbocycles. The molecule has 6 aromatic rings. The maximum absolute atomic E-state index is 6.68. The smallest absolute Gasteiger partial charge is 0.143 e. The third-order valence-electron chi connectivity index (χ3n) is 6.16. The van der Waals surface area contributed by atoms with E-state index in [2.05, 4.69) is 110 Å². The van der Waals surface area contributed by atoms with Crippen LogP contribution in [0.15, 0.2) is 108 Å². The molecule has 0 N–H and O–H groups in total. The molecule has 0 atom stereocenters. The SMILES string of the molecule is Cc1cccc(Cc2c3ccccc3cc3c2oc2c(-c4ccccc4)cccc23)c1. The summed E-state index contributed by atoms with van der Waals surface area (Å²) >= 11 is 0. The molecule has 0 bridgehead atoms. The maximum Gasteiger partial charge on any atom is 0.143 e. The highest BCUT2D eigenvalue weighted by Gasteiger charge is 2.17. The minimum Gasteiger partial charge on any atom is -0.455 e. The number of hydrogen-bond donors (Lipinski definition) is 0. The van der Waals surface area contributed by atoms with E-state index in [-0.39, 0.29) is 0 Å². The van der Waals surface area contributed by atoms with Crippen molar-refractivity contribution >= 4 is 32.7 Å². The first-order chi connectivity index (χ1) is 15.3. The number of fused-ring (bicyclic) bond motifs is 4. The zero-order valence-electron chi connectivity index (χ0n) is 17.4. The summed E-state index contributed by atoms with van der Waals surface area (Å²) in [5.74, 6) is 0. The van der Waals surface area contributed by atoms with Crippen LogP contribution in [0.4, 0.5) is 0 Å². The Bertz CT molecular complexity index is 1550. The molecular weight excluding hydrogens is 376 g/mol. The Hall–Kier alpha value is -3.84.